The van der Waals surface area contributed by atoms with E-state index < -0.39 is 17.8 Å². The fourth-order valence-electron chi connectivity index (χ4n) is 5.09. The van der Waals surface area contributed by atoms with Crippen molar-refractivity contribution in [1.29, 1.82) is 0 Å². The van der Waals surface area contributed by atoms with Gasteiger partial charge < -0.3 is 24.5 Å². The number of carbonyl (C=O) groups is 1. The number of benzene rings is 2. The summed E-state index contributed by atoms with van der Waals surface area (Å²) in [6.45, 7) is 1.91. The third-order valence-corrected chi connectivity index (χ3v) is 6.96. The molecule has 38 heavy (non-hydrogen) atoms. The molecular weight excluding hydrogens is 501 g/mol. The molecule has 0 aliphatic carbocycles. The average molecular weight is 524 g/mol. The Morgan fingerprint density at radius 2 is 2.03 bits per heavy atom. The normalized spacial score (nSPS) is 18.6. The first-order valence-corrected chi connectivity index (χ1v) is 12.2. The van der Waals surface area contributed by atoms with Gasteiger partial charge in [0.15, 0.2) is 11.9 Å². The summed E-state index contributed by atoms with van der Waals surface area (Å²) in [4.78, 5) is 20.5. The lowest BCUT2D eigenvalue weighted by Crippen LogP contribution is -2.20. The van der Waals surface area contributed by atoms with Gasteiger partial charge >= 0.3 is 6.18 Å². The summed E-state index contributed by atoms with van der Waals surface area (Å²) >= 11 is 0. The van der Waals surface area contributed by atoms with Gasteiger partial charge in [-0.2, -0.15) is 13.2 Å². The lowest BCUT2D eigenvalue weighted by molar-refractivity contribution is -0.137. The number of hydrogen-bond donors (Lipinski definition) is 2. The largest absolute Gasteiger partial charge is 0.482 e. The highest BCUT2D eigenvalue weighted by Gasteiger charge is 2.37. The highest BCUT2D eigenvalue weighted by Crippen LogP contribution is 2.48. The van der Waals surface area contributed by atoms with Crippen LogP contribution in [0.3, 0.4) is 0 Å². The van der Waals surface area contributed by atoms with Crippen LogP contribution in [0.15, 0.2) is 48.7 Å². The third-order valence-electron chi connectivity index (χ3n) is 6.96. The molecule has 0 radical (unpaired) electrons. The summed E-state index contributed by atoms with van der Waals surface area (Å²) in [5, 5.41) is 12.4. The van der Waals surface area contributed by atoms with Gasteiger partial charge in [-0.3, -0.25) is 4.79 Å². The number of alkyl halides is 3. The molecule has 0 spiro atoms. The Kier molecular flexibility index (Phi) is 5.75. The first-order valence-electron chi connectivity index (χ1n) is 12.2. The number of ether oxygens (including phenoxy) is 2. The number of pyridine rings is 1. The minimum absolute atomic E-state index is 0.0847. The molecule has 2 aliphatic heterocycles. The van der Waals surface area contributed by atoms with Gasteiger partial charge in [-0.1, -0.05) is 6.92 Å². The highest BCUT2D eigenvalue weighted by atomic mass is 19.4. The molecule has 8 nitrogen and oxygen atoms in total. The summed E-state index contributed by atoms with van der Waals surface area (Å²) < 4.78 is 54.0. The number of rotatable bonds is 5. The van der Waals surface area contributed by atoms with E-state index in [1.807, 2.05) is 13.0 Å². The maximum atomic E-state index is 13.3. The van der Waals surface area contributed by atoms with Gasteiger partial charge in [-0.15, -0.1) is 0 Å². The van der Waals surface area contributed by atoms with Crippen LogP contribution in [0, 0.1) is 0 Å². The molecule has 1 amide bonds. The number of amides is 1. The number of nitrogens with one attached hydrogen (secondary N) is 1. The second kappa shape index (κ2) is 9.02. The van der Waals surface area contributed by atoms with Crippen LogP contribution >= 0.6 is 0 Å². The van der Waals surface area contributed by atoms with Crippen LogP contribution in [0.25, 0.3) is 11.0 Å². The van der Waals surface area contributed by atoms with E-state index in [2.05, 4.69) is 15.3 Å². The number of aliphatic hydroxyl groups excluding tert-OH is 1. The van der Waals surface area contributed by atoms with Crippen LogP contribution in [0.5, 0.6) is 17.2 Å². The molecule has 196 valence electrons. The van der Waals surface area contributed by atoms with E-state index in [1.54, 1.807) is 29.0 Å². The van der Waals surface area contributed by atoms with Crippen molar-refractivity contribution in [2.45, 2.75) is 44.5 Å². The van der Waals surface area contributed by atoms with E-state index in [4.69, 9.17) is 9.47 Å². The number of imidazole rings is 1. The molecule has 2 unspecified atom stereocenters. The second-order valence-electron chi connectivity index (χ2n) is 9.36. The summed E-state index contributed by atoms with van der Waals surface area (Å²) in [5.74, 6) is 2.45. The van der Waals surface area contributed by atoms with Gasteiger partial charge in [0.2, 0.25) is 5.91 Å². The molecule has 0 saturated heterocycles. The number of carbonyl (C=O) groups excluding carboxylic acids is 1. The summed E-state index contributed by atoms with van der Waals surface area (Å²) in [7, 11) is 0. The van der Waals surface area contributed by atoms with E-state index in [-0.39, 0.29) is 30.5 Å². The number of fused-ring (bicyclic) bond motifs is 3. The Labute approximate surface area is 215 Å². The zero-order valence-electron chi connectivity index (χ0n) is 20.2. The first-order chi connectivity index (χ1) is 18.2. The van der Waals surface area contributed by atoms with Crippen molar-refractivity contribution >= 4 is 22.8 Å². The van der Waals surface area contributed by atoms with Crippen LogP contribution in [-0.4, -0.2) is 32.2 Å². The zero-order chi connectivity index (χ0) is 26.6. The molecule has 2 atom stereocenters. The Morgan fingerprint density at radius 3 is 2.82 bits per heavy atom. The summed E-state index contributed by atoms with van der Waals surface area (Å²) in [5.41, 5.74) is 1.59. The monoisotopic (exact) mass is 524 g/mol. The van der Waals surface area contributed by atoms with Gasteiger partial charge in [0, 0.05) is 36.2 Å². The molecule has 0 bridgehead atoms. The molecular formula is C27H23F3N4O4. The topological polar surface area (TPSA) is 98.5 Å². The lowest BCUT2D eigenvalue weighted by Gasteiger charge is -2.19. The average Bonchev–Trinajstić information content (AvgIpc) is 3.40. The standard InChI is InChI=1S/C27H23F3N4O4/c1-14-18-13-16(37-22-8-9-31-25-17(22)4-7-23(36)33-25)3-6-21(18)38-24(14)26-32-19-12-15(27(28,29)30)2-5-20(19)34(26)10-11-35/h2-3,5-6,8-9,12-14,24,35H,4,7,10-11H2,1H3,(H,31,33,36). The number of halogens is 3. The SMILES string of the molecule is CC1c2cc(Oc3ccnc4c3CCC(=O)N4)ccc2OC1c1nc2cc(C(F)(F)F)ccc2n1CCO. The molecule has 0 saturated carbocycles. The van der Waals surface area contributed by atoms with Crippen molar-refractivity contribution in [3.63, 3.8) is 0 Å². The third kappa shape index (κ3) is 4.12. The quantitative estimate of drug-likeness (QED) is 0.365. The smallest absolute Gasteiger partial charge is 0.416 e. The van der Waals surface area contributed by atoms with Crippen molar-refractivity contribution in [2.24, 2.45) is 0 Å². The van der Waals surface area contributed by atoms with Crippen molar-refractivity contribution in [1.82, 2.24) is 14.5 Å². The van der Waals surface area contributed by atoms with Crippen LogP contribution in [-0.2, 0) is 23.9 Å². The van der Waals surface area contributed by atoms with Crippen LogP contribution in [0.1, 0.15) is 47.9 Å². The number of aromatic nitrogens is 3. The maximum absolute atomic E-state index is 13.3. The molecule has 0 fully saturated rings. The fraction of sp³-hybridized carbons (Fsp3) is 0.296. The van der Waals surface area contributed by atoms with Crippen LogP contribution < -0.4 is 14.8 Å². The molecule has 6 rings (SSSR count). The van der Waals surface area contributed by atoms with Gasteiger partial charge in [-0.25, -0.2) is 9.97 Å². The number of anilines is 1. The molecule has 11 heteroatoms. The van der Waals surface area contributed by atoms with Crippen LogP contribution in [0.2, 0.25) is 0 Å². The number of nitrogens with zero attached hydrogens (tertiary/aromatic N) is 3. The minimum Gasteiger partial charge on any atom is -0.482 e. The van der Waals surface area contributed by atoms with Crippen molar-refractivity contribution in [2.75, 3.05) is 11.9 Å². The van der Waals surface area contributed by atoms with Gasteiger partial charge in [0.1, 0.15) is 23.1 Å². The maximum Gasteiger partial charge on any atom is 0.416 e. The lowest BCUT2D eigenvalue weighted by atomic mass is 9.97. The van der Waals surface area contributed by atoms with E-state index in [0.717, 1.165) is 23.3 Å². The predicted molar refractivity (Wildman–Crippen MR) is 131 cm³/mol. The Hall–Kier alpha value is -4.12. The predicted octanol–water partition coefficient (Wildman–Crippen LogP) is 5.36. The van der Waals surface area contributed by atoms with Crippen molar-refractivity contribution in [3.05, 3.63) is 71.2 Å². The van der Waals surface area contributed by atoms with Crippen molar-refractivity contribution < 1.29 is 32.5 Å². The zero-order valence-corrected chi connectivity index (χ0v) is 20.2. The second-order valence-corrected chi connectivity index (χ2v) is 9.36. The highest BCUT2D eigenvalue weighted by molar-refractivity contribution is 5.93. The molecule has 2 N–H and O–H groups in total. The number of aliphatic hydroxyl groups is 1. The van der Waals surface area contributed by atoms with E-state index >= 15 is 0 Å². The van der Waals surface area contributed by atoms with Crippen molar-refractivity contribution in [3.8, 4) is 17.2 Å². The molecule has 2 aromatic heterocycles. The summed E-state index contributed by atoms with van der Waals surface area (Å²) in [6, 6.07) is 10.6. The minimum atomic E-state index is -4.49. The molecule has 4 heterocycles. The summed E-state index contributed by atoms with van der Waals surface area (Å²) in [6.07, 6.45) is -2.61. The van der Waals surface area contributed by atoms with Crippen LogP contribution in [0.4, 0.5) is 19.0 Å². The fourth-order valence-corrected chi connectivity index (χ4v) is 5.09. The Bertz CT molecular complexity index is 1570. The Morgan fingerprint density at radius 1 is 1.18 bits per heavy atom. The van der Waals surface area contributed by atoms with E-state index in [1.165, 1.54) is 6.07 Å². The molecule has 2 aliphatic rings. The molecule has 4 aromatic rings. The number of hydrogen-bond acceptors (Lipinski definition) is 6. The van der Waals surface area contributed by atoms with Gasteiger partial charge in [0.05, 0.1) is 23.2 Å². The Balaban J connectivity index is 1.32. The van der Waals surface area contributed by atoms with Gasteiger partial charge in [-0.05, 0) is 48.9 Å². The van der Waals surface area contributed by atoms with E-state index in [0.29, 0.717) is 47.2 Å². The van der Waals surface area contributed by atoms with E-state index in [9.17, 15) is 23.1 Å². The first kappa shape index (κ1) is 24.2. The molecule has 2 aromatic carbocycles. The van der Waals surface area contributed by atoms with Gasteiger partial charge in [0.25, 0.3) is 0 Å².